The van der Waals surface area contributed by atoms with Crippen LogP contribution in [0.25, 0.3) is 10.9 Å². The van der Waals surface area contributed by atoms with Gasteiger partial charge in [-0.3, -0.25) is 5.10 Å². The number of rotatable bonds is 3. The maximum atomic E-state index is 6.08. The second-order valence-electron chi connectivity index (χ2n) is 4.91. The van der Waals surface area contributed by atoms with Gasteiger partial charge < -0.3 is 11.1 Å². The minimum atomic E-state index is 0.546. The van der Waals surface area contributed by atoms with Gasteiger partial charge in [-0.1, -0.05) is 0 Å². The van der Waals surface area contributed by atoms with Gasteiger partial charge in [0.25, 0.3) is 0 Å². The molecule has 0 aliphatic heterocycles. The van der Waals surface area contributed by atoms with E-state index in [4.69, 9.17) is 5.73 Å². The van der Waals surface area contributed by atoms with Crippen LogP contribution in [0.2, 0.25) is 0 Å². The molecule has 1 aromatic carbocycles. The fourth-order valence-electron chi connectivity index (χ4n) is 2.64. The minimum Gasteiger partial charge on any atom is -0.397 e. The molecule has 0 amide bonds. The number of aromatic amines is 1. The number of nitrogens with two attached hydrogens (primary N) is 1. The van der Waals surface area contributed by atoms with Gasteiger partial charge >= 0.3 is 0 Å². The van der Waals surface area contributed by atoms with Crippen LogP contribution in [0.5, 0.6) is 0 Å². The van der Waals surface area contributed by atoms with E-state index < -0.39 is 0 Å². The molecule has 1 aromatic heterocycles. The van der Waals surface area contributed by atoms with E-state index in [9.17, 15) is 0 Å². The van der Waals surface area contributed by atoms with Gasteiger partial charge in [-0.05, 0) is 37.7 Å². The molecule has 1 aliphatic rings. The first-order valence-electron chi connectivity index (χ1n) is 6.28. The van der Waals surface area contributed by atoms with Gasteiger partial charge in [0.15, 0.2) is 0 Å². The maximum Gasteiger partial charge on any atom is 0.0672 e. The lowest BCUT2D eigenvalue weighted by atomic mass is 10.1. The first-order valence-corrected chi connectivity index (χ1v) is 7.57. The molecule has 1 fully saturated rings. The molecule has 4 N–H and O–H groups in total. The van der Waals surface area contributed by atoms with Crippen LogP contribution in [0.1, 0.15) is 19.3 Å². The zero-order chi connectivity index (χ0) is 12.5. The van der Waals surface area contributed by atoms with Gasteiger partial charge in [0.05, 0.1) is 23.1 Å². The van der Waals surface area contributed by atoms with Crippen LogP contribution in [0, 0.1) is 0 Å². The van der Waals surface area contributed by atoms with Crippen molar-refractivity contribution < 1.29 is 0 Å². The molecular formula is C13H18N4S. The van der Waals surface area contributed by atoms with E-state index in [0.29, 0.717) is 6.04 Å². The van der Waals surface area contributed by atoms with Gasteiger partial charge in [-0.15, -0.1) is 0 Å². The predicted octanol–water partition coefficient (Wildman–Crippen LogP) is 2.84. The van der Waals surface area contributed by atoms with Crippen molar-refractivity contribution in [2.75, 3.05) is 17.3 Å². The highest BCUT2D eigenvalue weighted by Gasteiger charge is 2.24. The van der Waals surface area contributed by atoms with E-state index in [1.165, 1.54) is 19.3 Å². The Kier molecular flexibility index (Phi) is 3.07. The van der Waals surface area contributed by atoms with Gasteiger partial charge in [0.2, 0.25) is 0 Å². The van der Waals surface area contributed by atoms with Crippen molar-refractivity contribution in [3.8, 4) is 0 Å². The average Bonchev–Trinajstić information content (AvgIpc) is 2.98. The molecule has 2 unspecified atom stereocenters. The van der Waals surface area contributed by atoms with Crippen LogP contribution in [-0.4, -0.2) is 27.7 Å². The summed E-state index contributed by atoms with van der Waals surface area (Å²) in [7, 11) is 0. The van der Waals surface area contributed by atoms with E-state index in [2.05, 4.69) is 27.8 Å². The number of nitrogens with one attached hydrogen (secondary N) is 2. The number of H-pyrrole nitrogens is 1. The Morgan fingerprint density at radius 1 is 1.44 bits per heavy atom. The van der Waals surface area contributed by atoms with Crippen molar-refractivity contribution in [3.05, 3.63) is 18.3 Å². The lowest BCUT2D eigenvalue weighted by Gasteiger charge is -2.16. The fraction of sp³-hybridized carbons (Fsp3) is 0.462. The lowest BCUT2D eigenvalue weighted by molar-refractivity contribution is 0.758. The number of hydrogen-bond acceptors (Lipinski definition) is 4. The second kappa shape index (κ2) is 4.72. The van der Waals surface area contributed by atoms with Crippen LogP contribution >= 0.6 is 11.8 Å². The van der Waals surface area contributed by atoms with Crippen molar-refractivity contribution in [2.24, 2.45) is 0 Å². The zero-order valence-electron chi connectivity index (χ0n) is 10.4. The number of thioether (sulfide) groups is 1. The number of aromatic nitrogens is 2. The van der Waals surface area contributed by atoms with Gasteiger partial charge in [-0.2, -0.15) is 16.9 Å². The third-order valence-electron chi connectivity index (χ3n) is 3.69. The molecule has 3 rings (SSSR count). The summed E-state index contributed by atoms with van der Waals surface area (Å²) >= 11 is 1.97. The van der Waals surface area contributed by atoms with Gasteiger partial charge in [0.1, 0.15) is 0 Å². The van der Waals surface area contributed by atoms with E-state index in [0.717, 1.165) is 27.5 Å². The van der Waals surface area contributed by atoms with Crippen LogP contribution < -0.4 is 11.1 Å². The monoisotopic (exact) mass is 262 g/mol. The van der Waals surface area contributed by atoms with Crippen molar-refractivity contribution in [1.29, 1.82) is 0 Å². The molecule has 0 saturated heterocycles. The lowest BCUT2D eigenvalue weighted by Crippen LogP contribution is -2.16. The van der Waals surface area contributed by atoms with Crippen LogP contribution in [0.3, 0.4) is 0 Å². The smallest absolute Gasteiger partial charge is 0.0672 e. The molecule has 2 aromatic rings. The topological polar surface area (TPSA) is 66.7 Å². The van der Waals surface area contributed by atoms with E-state index in [1.54, 1.807) is 6.20 Å². The Balaban J connectivity index is 1.79. The Hall–Kier alpha value is -1.36. The molecule has 96 valence electrons. The first kappa shape index (κ1) is 11.7. The average molecular weight is 262 g/mol. The summed E-state index contributed by atoms with van der Waals surface area (Å²) in [6.07, 6.45) is 7.74. The minimum absolute atomic E-state index is 0.546. The molecule has 4 nitrogen and oxygen atoms in total. The second-order valence-corrected chi connectivity index (χ2v) is 6.05. The summed E-state index contributed by atoms with van der Waals surface area (Å²) in [5.41, 5.74) is 8.94. The summed E-state index contributed by atoms with van der Waals surface area (Å²) < 4.78 is 0. The summed E-state index contributed by atoms with van der Waals surface area (Å²) in [6.45, 7) is 0. The Bertz CT molecular complexity index is 551. The van der Waals surface area contributed by atoms with Crippen LogP contribution in [-0.2, 0) is 0 Å². The van der Waals surface area contributed by atoms with E-state index in [1.807, 2.05) is 17.8 Å². The molecule has 0 spiro atoms. The molecule has 0 radical (unpaired) electrons. The molecule has 0 bridgehead atoms. The first-order chi connectivity index (χ1) is 8.76. The maximum absolute atomic E-state index is 6.08. The highest BCUT2D eigenvalue weighted by molar-refractivity contribution is 7.99. The van der Waals surface area contributed by atoms with Crippen LogP contribution in [0.15, 0.2) is 18.3 Å². The molecule has 1 heterocycles. The largest absolute Gasteiger partial charge is 0.397 e. The normalized spacial score (nSPS) is 23.6. The highest BCUT2D eigenvalue weighted by atomic mass is 32.2. The van der Waals surface area contributed by atoms with E-state index in [-0.39, 0.29) is 0 Å². The Morgan fingerprint density at radius 3 is 3.11 bits per heavy atom. The van der Waals surface area contributed by atoms with Crippen molar-refractivity contribution >= 4 is 34.0 Å². The fourth-order valence-corrected chi connectivity index (χ4v) is 3.44. The summed E-state index contributed by atoms with van der Waals surface area (Å²) in [5.74, 6) is 0. The molecule has 2 atom stereocenters. The number of hydrogen-bond donors (Lipinski definition) is 3. The molecule has 5 heteroatoms. The molecule has 18 heavy (non-hydrogen) atoms. The Labute approximate surface area is 111 Å². The number of benzene rings is 1. The van der Waals surface area contributed by atoms with E-state index >= 15 is 0 Å². The third kappa shape index (κ3) is 2.14. The van der Waals surface area contributed by atoms with Gasteiger partial charge in [0, 0.05) is 16.7 Å². The standard InChI is InChI=1S/C13H18N4S/c1-18-10-3-2-9(5-10)16-13-6-12-8(4-11(13)14)7-15-17-12/h4,6-7,9-10,16H,2-3,5,14H2,1H3,(H,15,17). The summed E-state index contributed by atoms with van der Waals surface area (Å²) in [6, 6.07) is 4.58. The number of nitrogens with zero attached hydrogens (tertiary/aromatic N) is 1. The number of nitrogen functional groups attached to an aromatic ring is 1. The molecular weight excluding hydrogens is 244 g/mol. The van der Waals surface area contributed by atoms with Crippen molar-refractivity contribution in [1.82, 2.24) is 10.2 Å². The zero-order valence-corrected chi connectivity index (χ0v) is 11.3. The summed E-state index contributed by atoms with van der Waals surface area (Å²) in [5, 5.41) is 12.4. The third-order valence-corrected chi connectivity index (χ3v) is 4.78. The molecule has 1 aliphatic carbocycles. The van der Waals surface area contributed by atoms with Crippen LogP contribution in [0.4, 0.5) is 11.4 Å². The quantitative estimate of drug-likeness (QED) is 0.744. The number of fused-ring (bicyclic) bond motifs is 1. The number of anilines is 2. The molecule has 1 saturated carbocycles. The Morgan fingerprint density at radius 2 is 2.33 bits per heavy atom. The van der Waals surface area contributed by atoms with Gasteiger partial charge in [-0.25, -0.2) is 0 Å². The predicted molar refractivity (Wildman–Crippen MR) is 79.1 cm³/mol. The SMILES string of the molecule is CSC1CCC(Nc2cc3[nH]ncc3cc2N)C1. The summed E-state index contributed by atoms with van der Waals surface area (Å²) in [4.78, 5) is 0. The highest BCUT2D eigenvalue weighted by Crippen LogP contribution is 2.32. The van der Waals surface area contributed by atoms with Crippen molar-refractivity contribution in [3.63, 3.8) is 0 Å². The van der Waals surface area contributed by atoms with Crippen molar-refractivity contribution in [2.45, 2.75) is 30.6 Å².